The SMILES string of the molecule is COc1ccc(Nc2nc(N/N=C/c3ccc(-c4ccc(Cl)cc4)o3)nc(N3CCC(Cc4ccccc4)CC3)n2)cc1. The summed E-state index contributed by atoms with van der Waals surface area (Å²) >= 11 is 6.01. The fraction of sp³-hybridized carbons (Fsp3) is 0.212. The molecule has 2 aromatic heterocycles. The van der Waals surface area contributed by atoms with Crippen molar-refractivity contribution in [3.05, 3.63) is 107 Å². The number of nitrogens with zero attached hydrogens (tertiary/aromatic N) is 5. The number of ether oxygens (including phenoxy) is 1. The number of halogens is 1. The van der Waals surface area contributed by atoms with Gasteiger partial charge in [-0.2, -0.15) is 20.1 Å². The Bertz CT molecular complexity index is 1650. The number of benzene rings is 3. The average Bonchev–Trinajstić information content (AvgIpc) is 3.51. The number of nitrogens with one attached hydrogen (secondary N) is 2. The Morgan fingerprint density at radius 2 is 1.65 bits per heavy atom. The zero-order valence-electron chi connectivity index (χ0n) is 23.8. The normalized spacial score (nSPS) is 13.8. The van der Waals surface area contributed by atoms with Crippen LogP contribution in [0.2, 0.25) is 5.02 Å². The molecule has 0 saturated carbocycles. The molecule has 6 rings (SSSR count). The molecule has 1 fully saturated rings. The average molecular weight is 594 g/mol. The highest BCUT2D eigenvalue weighted by Crippen LogP contribution is 2.27. The van der Waals surface area contributed by atoms with E-state index in [1.807, 2.05) is 60.7 Å². The van der Waals surface area contributed by atoms with E-state index in [9.17, 15) is 0 Å². The first kappa shape index (κ1) is 28.2. The zero-order chi connectivity index (χ0) is 29.4. The predicted octanol–water partition coefficient (Wildman–Crippen LogP) is 7.44. The molecule has 0 bridgehead atoms. The first-order valence-electron chi connectivity index (χ1n) is 14.2. The monoisotopic (exact) mass is 593 g/mol. The van der Waals surface area contributed by atoms with Crippen LogP contribution in [-0.4, -0.2) is 41.4 Å². The summed E-state index contributed by atoms with van der Waals surface area (Å²) in [6, 6.07) is 29.5. The number of rotatable bonds is 10. The van der Waals surface area contributed by atoms with Crippen molar-refractivity contribution in [2.24, 2.45) is 11.0 Å². The fourth-order valence-electron chi connectivity index (χ4n) is 5.05. The van der Waals surface area contributed by atoms with E-state index in [1.165, 1.54) is 5.56 Å². The van der Waals surface area contributed by atoms with Gasteiger partial charge in [0.05, 0.1) is 13.3 Å². The van der Waals surface area contributed by atoms with Crippen molar-refractivity contribution in [3.63, 3.8) is 0 Å². The van der Waals surface area contributed by atoms with Crippen molar-refractivity contribution in [1.29, 1.82) is 0 Å². The number of piperidine rings is 1. The van der Waals surface area contributed by atoms with Gasteiger partial charge in [-0.3, -0.25) is 0 Å². The maximum Gasteiger partial charge on any atom is 0.250 e. The van der Waals surface area contributed by atoms with Crippen molar-refractivity contribution in [1.82, 2.24) is 15.0 Å². The molecule has 3 aromatic carbocycles. The molecule has 10 heteroatoms. The smallest absolute Gasteiger partial charge is 0.250 e. The van der Waals surface area contributed by atoms with Gasteiger partial charge >= 0.3 is 0 Å². The molecule has 0 radical (unpaired) electrons. The molecule has 218 valence electrons. The molecule has 0 aliphatic carbocycles. The van der Waals surface area contributed by atoms with Gasteiger partial charge in [0, 0.05) is 29.4 Å². The van der Waals surface area contributed by atoms with Gasteiger partial charge < -0.3 is 19.4 Å². The lowest BCUT2D eigenvalue weighted by Crippen LogP contribution is -2.35. The lowest BCUT2D eigenvalue weighted by atomic mass is 9.90. The van der Waals surface area contributed by atoms with Crippen LogP contribution < -0.4 is 20.4 Å². The van der Waals surface area contributed by atoms with E-state index in [0.717, 1.165) is 55.1 Å². The first-order valence-corrected chi connectivity index (χ1v) is 14.6. The molecule has 3 heterocycles. The third-order valence-corrected chi connectivity index (χ3v) is 7.60. The highest BCUT2D eigenvalue weighted by molar-refractivity contribution is 6.30. The molecular formula is C33H32ClN7O2. The molecule has 1 saturated heterocycles. The van der Waals surface area contributed by atoms with E-state index in [2.05, 4.69) is 56.1 Å². The quantitative estimate of drug-likeness (QED) is 0.127. The van der Waals surface area contributed by atoms with Crippen LogP contribution in [0.4, 0.5) is 23.5 Å². The second-order valence-electron chi connectivity index (χ2n) is 10.3. The van der Waals surface area contributed by atoms with Crippen molar-refractivity contribution in [2.75, 3.05) is 35.8 Å². The number of anilines is 4. The van der Waals surface area contributed by atoms with Crippen molar-refractivity contribution >= 4 is 41.3 Å². The number of methoxy groups -OCH3 is 1. The lowest BCUT2D eigenvalue weighted by Gasteiger charge is -2.32. The van der Waals surface area contributed by atoms with Gasteiger partial charge in [0.25, 0.3) is 0 Å². The fourth-order valence-corrected chi connectivity index (χ4v) is 5.17. The summed E-state index contributed by atoms with van der Waals surface area (Å²) in [5.41, 5.74) is 6.10. The minimum absolute atomic E-state index is 0.327. The third kappa shape index (κ3) is 7.50. The maximum absolute atomic E-state index is 6.01. The van der Waals surface area contributed by atoms with E-state index in [1.54, 1.807) is 13.3 Å². The summed E-state index contributed by atoms with van der Waals surface area (Å²) < 4.78 is 11.2. The number of hydrogen-bond donors (Lipinski definition) is 2. The number of hydrogen-bond acceptors (Lipinski definition) is 9. The highest BCUT2D eigenvalue weighted by atomic mass is 35.5. The Morgan fingerprint density at radius 1 is 0.907 bits per heavy atom. The molecule has 43 heavy (non-hydrogen) atoms. The summed E-state index contributed by atoms with van der Waals surface area (Å²) in [6.07, 6.45) is 4.81. The highest BCUT2D eigenvalue weighted by Gasteiger charge is 2.22. The second-order valence-corrected chi connectivity index (χ2v) is 10.8. The molecule has 5 aromatic rings. The van der Waals surface area contributed by atoms with Crippen molar-refractivity contribution < 1.29 is 9.15 Å². The summed E-state index contributed by atoms with van der Waals surface area (Å²) in [5, 5.41) is 8.31. The Morgan fingerprint density at radius 3 is 2.40 bits per heavy atom. The van der Waals surface area contributed by atoms with Crippen LogP contribution in [0, 0.1) is 5.92 Å². The van der Waals surface area contributed by atoms with Crippen LogP contribution in [0.15, 0.2) is 101 Å². The van der Waals surface area contributed by atoms with Crippen molar-refractivity contribution in [3.8, 4) is 17.1 Å². The zero-order valence-corrected chi connectivity index (χ0v) is 24.5. The predicted molar refractivity (Wildman–Crippen MR) is 172 cm³/mol. The number of aromatic nitrogens is 3. The standard InChI is InChI=1S/C33H32ClN7O2/c1-42-28-13-11-27(12-14-28)36-31-37-32(40-35-22-29-15-16-30(43-29)25-7-9-26(34)10-8-25)39-33(38-31)41-19-17-24(18-20-41)21-23-5-3-2-4-6-23/h2-16,22,24H,17-21H2,1H3,(H2,36,37,38,39,40)/b35-22+. The van der Waals surface area contributed by atoms with Gasteiger partial charge in [0.15, 0.2) is 0 Å². The van der Waals surface area contributed by atoms with E-state index in [-0.39, 0.29) is 0 Å². The summed E-state index contributed by atoms with van der Waals surface area (Å²) in [4.78, 5) is 16.2. The Labute approximate surface area is 255 Å². The van der Waals surface area contributed by atoms with Gasteiger partial charge in [-0.25, -0.2) is 5.43 Å². The van der Waals surface area contributed by atoms with Gasteiger partial charge in [-0.05, 0) is 91.4 Å². The van der Waals surface area contributed by atoms with E-state index in [0.29, 0.717) is 34.5 Å². The van der Waals surface area contributed by atoms with Crippen molar-refractivity contribution in [2.45, 2.75) is 19.3 Å². The van der Waals surface area contributed by atoms with Crippen LogP contribution in [0.1, 0.15) is 24.2 Å². The number of furan rings is 1. The van der Waals surface area contributed by atoms with Crippen LogP contribution >= 0.6 is 11.6 Å². The Balaban J connectivity index is 1.17. The third-order valence-electron chi connectivity index (χ3n) is 7.35. The Kier molecular flexibility index (Phi) is 8.80. The summed E-state index contributed by atoms with van der Waals surface area (Å²) in [7, 11) is 1.64. The van der Waals surface area contributed by atoms with Crippen LogP contribution in [0.3, 0.4) is 0 Å². The second kappa shape index (κ2) is 13.4. The van der Waals surface area contributed by atoms with E-state index in [4.69, 9.17) is 30.7 Å². The number of hydrazone groups is 1. The van der Waals surface area contributed by atoms with Crippen LogP contribution in [-0.2, 0) is 6.42 Å². The molecule has 0 spiro atoms. The molecular weight excluding hydrogens is 562 g/mol. The molecule has 0 amide bonds. The largest absolute Gasteiger partial charge is 0.497 e. The molecule has 9 nitrogen and oxygen atoms in total. The first-order chi connectivity index (χ1) is 21.1. The van der Waals surface area contributed by atoms with Gasteiger partial charge in [0.2, 0.25) is 17.8 Å². The minimum atomic E-state index is 0.327. The summed E-state index contributed by atoms with van der Waals surface area (Å²) in [6.45, 7) is 1.73. The van der Waals surface area contributed by atoms with Crippen LogP contribution in [0.5, 0.6) is 5.75 Å². The molecule has 1 aliphatic heterocycles. The minimum Gasteiger partial charge on any atom is -0.497 e. The maximum atomic E-state index is 6.01. The van der Waals surface area contributed by atoms with Gasteiger partial charge in [0.1, 0.15) is 17.3 Å². The molecule has 1 aliphatic rings. The van der Waals surface area contributed by atoms with Gasteiger partial charge in [-0.1, -0.05) is 41.9 Å². The molecule has 0 atom stereocenters. The lowest BCUT2D eigenvalue weighted by molar-refractivity contribution is 0.400. The summed E-state index contributed by atoms with van der Waals surface area (Å²) in [5.74, 6) is 4.06. The molecule has 2 N–H and O–H groups in total. The van der Waals surface area contributed by atoms with Crippen LogP contribution in [0.25, 0.3) is 11.3 Å². The van der Waals surface area contributed by atoms with Gasteiger partial charge in [-0.15, -0.1) is 0 Å². The van der Waals surface area contributed by atoms with E-state index < -0.39 is 0 Å². The molecule has 0 unspecified atom stereocenters. The Hall–Kier alpha value is -4.89. The van der Waals surface area contributed by atoms with E-state index >= 15 is 0 Å². The topological polar surface area (TPSA) is 101 Å².